The molecule has 0 atom stereocenters. The first-order valence-corrected chi connectivity index (χ1v) is 9.32. The number of amides is 1. The number of halogens is 2. The summed E-state index contributed by atoms with van der Waals surface area (Å²) in [5, 5.41) is 24.7. The first-order valence-electron chi connectivity index (χ1n) is 8.56. The van der Waals surface area contributed by atoms with Crippen molar-refractivity contribution in [2.75, 3.05) is 5.32 Å². The van der Waals surface area contributed by atoms with Gasteiger partial charge in [-0.3, -0.25) is 14.9 Å². The Bertz CT molecular complexity index is 1300. The van der Waals surface area contributed by atoms with Gasteiger partial charge in [0.2, 0.25) is 0 Å². The summed E-state index contributed by atoms with van der Waals surface area (Å²) in [6, 6.07) is 15.2. The van der Waals surface area contributed by atoms with Crippen LogP contribution in [0.4, 0.5) is 11.4 Å². The van der Waals surface area contributed by atoms with Crippen molar-refractivity contribution in [1.82, 2.24) is 9.71 Å². The fourth-order valence-corrected chi connectivity index (χ4v) is 3.42. The second-order valence-electron chi connectivity index (χ2n) is 6.33. The lowest BCUT2D eigenvalue weighted by molar-refractivity contribution is -0.384. The lowest BCUT2D eigenvalue weighted by Crippen LogP contribution is -2.12. The molecule has 1 heterocycles. The van der Waals surface area contributed by atoms with E-state index in [0.29, 0.717) is 21.8 Å². The minimum atomic E-state index is -0.545. The van der Waals surface area contributed by atoms with Gasteiger partial charge in [0.15, 0.2) is 5.82 Å². The number of nitrogens with zero attached hydrogens (tertiary/aromatic N) is 3. The van der Waals surface area contributed by atoms with Crippen molar-refractivity contribution < 1.29 is 14.9 Å². The molecule has 2 N–H and O–H groups in total. The standard InChI is InChI=1S/C20H12Cl2N4O4/c21-12-3-7-15(16(22)9-12)20(27)23-13-4-1-11(2-5-13)19-24-17-8-6-14(26(29)30)10-18(17)25(19)28/h1-10,28H,(H,23,27). The van der Waals surface area contributed by atoms with E-state index in [-0.39, 0.29) is 27.6 Å². The van der Waals surface area contributed by atoms with Crippen LogP contribution in [0.5, 0.6) is 0 Å². The molecule has 8 nitrogen and oxygen atoms in total. The van der Waals surface area contributed by atoms with Crippen LogP contribution in [0.2, 0.25) is 10.0 Å². The van der Waals surface area contributed by atoms with E-state index in [4.69, 9.17) is 23.2 Å². The van der Waals surface area contributed by atoms with Gasteiger partial charge in [0.25, 0.3) is 11.6 Å². The number of carbonyl (C=O) groups excluding carboxylic acids is 1. The van der Waals surface area contributed by atoms with E-state index in [9.17, 15) is 20.1 Å². The predicted molar refractivity (Wildman–Crippen MR) is 113 cm³/mol. The Balaban J connectivity index is 1.60. The third-order valence-electron chi connectivity index (χ3n) is 4.40. The molecule has 0 saturated heterocycles. The molecule has 0 unspecified atom stereocenters. The normalized spacial score (nSPS) is 10.9. The van der Waals surface area contributed by atoms with Gasteiger partial charge in [0.1, 0.15) is 5.52 Å². The molecular formula is C20H12Cl2N4O4. The maximum atomic E-state index is 12.4. The number of non-ortho nitro benzene ring substituents is 1. The van der Waals surface area contributed by atoms with Gasteiger partial charge in [-0.25, -0.2) is 4.98 Å². The smallest absolute Gasteiger partial charge is 0.271 e. The zero-order chi connectivity index (χ0) is 21.4. The highest BCUT2D eigenvalue weighted by Crippen LogP contribution is 2.28. The minimum absolute atomic E-state index is 0.150. The van der Waals surface area contributed by atoms with Crippen molar-refractivity contribution in [2.45, 2.75) is 0 Å². The molecule has 0 aliphatic rings. The highest BCUT2D eigenvalue weighted by molar-refractivity contribution is 6.37. The van der Waals surface area contributed by atoms with Gasteiger partial charge >= 0.3 is 0 Å². The van der Waals surface area contributed by atoms with E-state index >= 15 is 0 Å². The monoisotopic (exact) mass is 442 g/mol. The van der Waals surface area contributed by atoms with E-state index in [2.05, 4.69) is 10.3 Å². The van der Waals surface area contributed by atoms with Crippen molar-refractivity contribution in [3.8, 4) is 11.4 Å². The molecule has 1 amide bonds. The van der Waals surface area contributed by atoms with Crippen LogP contribution < -0.4 is 5.32 Å². The van der Waals surface area contributed by atoms with Crippen LogP contribution in [0, 0.1) is 10.1 Å². The van der Waals surface area contributed by atoms with Gasteiger partial charge in [-0.05, 0) is 48.5 Å². The Morgan fingerprint density at radius 3 is 2.47 bits per heavy atom. The molecule has 0 radical (unpaired) electrons. The molecule has 4 aromatic rings. The number of hydrogen-bond acceptors (Lipinski definition) is 5. The van der Waals surface area contributed by atoms with Crippen LogP contribution >= 0.6 is 23.2 Å². The number of hydrogen-bond donors (Lipinski definition) is 2. The fourth-order valence-electron chi connectivity index (χ4n) is 2.93. The van der Waals surface area contributed by atoms with E-state index in [1.165, 1.54) is 30.3 Å². The molecule has 150 valence electrons. The van der Waals surface area contributed by atoms with E-state index < -0.39 is 10.8 Å². The first-order chi connectivity index (χ1) is 14.3. The summed E-state index contributed by atoms with van der Waals surface area (Å²) in [7, 11) is 0. The SMILES string of the molecule is O=C(Nc1ccc(-c2nc3ccc([N+](=O)[O-])cc3n2O)cc1)c1ccc(Cl)cc1Cl. The minimum Gasteiger partial charge on any atom is -0.426 e. The average Bonchev–Trinajstić information content (AvgIpc) is 3.04. The summed E-state index contributed by atoms with van der Waals surface area (Å²) in [4.78, 5) is 27.1. The lowest BCUT2D eigenvalue weighted by Gasteiger charge is -2.08. The quantitative estimate of drug-likeness (QED) is 0.249. The van der Waals surface area contributed by atoms with Gasteiger partial charge in [0.05, 0.1) is 21.0 Å². The van der Waals surface area contributed by atoms with Crippen molar-refractivity contribution >= 4 is 51.5 Å². The molecule has 1 aromatic heterocycles. The molecule has 0 saturated carbocycles. The number of carbonyl (C=O) groups is 1. The lowest BCUT2D eigenvalue weighted by atomic mass is 10.1. The summed E-state index contributed by atoms with van der Waals surface area (Å²) < 4.78 is 0.795. The summed E-state index contributed by atoms with van der Waals surface area (Å²) in [5.41, 5.74) is 1.82. The number of nitro groups is 1. The Hall–Kier alpha value is -3.62. The van der Waals surface area contributed by atoms with Crippen LogP contribution in [0.15, 0.2) is 60.7 Å². The van der Waals surface area contributed by atoms with Gasteiger partial charge in [0, 0.05) is 28.4 Å². The van der Waals surface area contributed by atoms with E-state index in [1.54, 1.807) is 30.3 Å². The molecule has 0 aliphatic carbocycles. The number of anilines is 1. The number of aromatic nitrogens is 2. The molecule has 3 aromatic carbocycles. The van der Waals surface area contributed by atoms with Crippen molar-refractivity contribution in [3.05, 3.63) is 86.4 Å². The van der Waals surface area contributed by atoms with Gasteiger partial charge in [-0.15, -0.1) is 0 Å². The molecule has 0 bridgehead atoms. The first kappa shape index (κ1) is 19.7. The van der Waals surface area contributed by atoms with Crippen molar-refractivity contribution in [3.63, 3.8) is 0 Å². The maximum Gasteiger partial charge on any atom is 0.271 e. The summed E-state index contributed by atoms with van der Waals surface area (Å²) in [6.07, 6.45) is 0. The van der Waals surface area contributed by atoms with Crippen molar-refractivity contribution in [1.29, 1.82) is 0 Å². The molecule has 0 spiro atoms. The maximum absolute atomic E-state index is 12.4. The summed E-state index contributed by atoms with van der Waals surface area (Å²) in [6.45, 7) is 0. The van der Waals surface area contributed by atoms with Crippen molar-refractivity contribution in [2.24, 2.45) is 0 Å². The van der Waals surface area contributed by atoms with Crippen LogP contribution in [0.25, 0.3) is 22.4 Å². The summed E-state index contributed by atoms with van der Waals surface area (Å²) in [5.74, 6) is -0.185. The number of nitrogens with one attached hydrogen (secondary N) is 1. The molecular weight excluding hydrogens is 431 g/mol. The van der Waals surface area contributed by atoms with Gasteiger partial charge in [-0.1, -0.05) is 23.2 Å². The Morgan fingerprint density at radius 2 is 1.80 bits per heavy atom. The Kier molecular flexibility index (Phi) is 5.03. The second-order valence-corrected chi connectivity index (χ2v) is 7.18. The van der Waals surface area contributed by atoms with Crippen LogP contribution in [0.3, 0.4) is 0 Å². The van der Waals surface area contributed by atoms with Crippen LogP contribution in [-0.2, 0) is 0 Å². The zero-order valence-electron chi connectivity index (χ0n) is 15.0. The molecule has 4 rings (SSSR count). The topological polar surface area (TPSA) is 110 Å². The Labute approximate surface area is 179 Å². The largest absolute Gasteiger partial charge is 0.426 e. The highest BCUT2D eigenvalue weighted by atomic mass is 35.5. The van der Waals surface area contributed by atoms with Gasteiger partial charge < -0.3 is 10.5 Å². The fraction of sp³-hybridized carbons (Fsp3) is 0. The van der Waals surface area contributed by atoms with Gasteiger partial charge in [-0.2, -0.15) is 4.73 Å². The number of fused-ring (bicyclic) bond motifs is 1. The third kappa shape index (κ3) is 3.66. The molecule has 30 heavy (non-hydrogen) atoms. The number of nitro benzene ring substituents is 1. The second kappa shape index (κ2) is 7.66. The third-order valence-corrected chi connectivity index (χ3v) is 4.95. The number of imidazole rings is 1. The van der Waals surface area contributed by atoms with E-state index in [0.717, 1.165) is 4.73 Å². The van der Waals surface area contributed by atoms with Crippen LogP contribution in [0.1, 0.15) is 10.4 Å². The number of rotatable bonds is 4. The van der Waals surface area contributed by atoms with E-state index in [1.807, 2.05) is 0 Å². The molecule has 0 aliphatic heterocycles. The number of benzene rings is 3. The zero-order valence-corrected chi connectivity index (χ0v) is 16.6. The predicted octanol–water partition coefficient (Wildman–Crippen LogP) is 5.41. The molecule has 10 heteroatoms. The highest BCUT2D eigenvalue weighted by Gasteiger charge is 2.16. The average molecular weight is 443 g/mol. The summed E-state index contributed by atoms with van der Waals surface area (Å²) >= 11 is 11.9. The molecule has 0 fully saturated rings. The Morgan fingerprint density at radius 1 is 1.07 bits per heavy atom. The van der Waals surface area contributed by atoms with Crippen LogP contribution in [-0.4, -0.2) is 25.8 Å².